The van der Waals surface area contributed by atoms with Crippen molar-refractivity contribution in [3.05, 3.63) is 125 Å². The van der Waals surface area contributed by atoms with Crippen LogP contribution in [0, 0.1) is 0 Å². The first-order valence-corrected chi connectivity index (χ1v) is 12.0. The van der Waals surface area contributed by atoms with Crippen LogP contribution in [0.3, 0.4) is 0 Å². The molecule has 3 heterocycles. The number of halogens is 1. The normalized spacial score (nSPS) is 18.2. The van der Waals surface area contributed by atoms with Gasteiger partial charge in [-0.1, -0.05) is 72.3 Å². The number of hydrogen-bond donors (Lipinski definition) is 0. The Labute approximate surface area is 212 Å². The fourth-order valence-corrected chi connectivity index (χ4v) is 5.18. The maximum absolute atomic E-state index is 14.6. The number of aliphatic imine (C=N–C) groups is 1. The Balaban J connectivity index is 1.49. The first-order valence-electron chi connectivity index (χ1n) is 11.6. The lowest BCUT2D eigenvalue weighted by Gasteiger charge is -2.35. The molecule has 0 N–H and O–H groups in total. The molecule has 0 saturated heterocycles. The second-order valence-electron chi connectivity index (χ2n) is 8.80. The molecular formula is C29H19ClN4O2. The Kier molecular flexibility index (Phi) is 4.53. The summed E-state index contributed by atoms with van der Waals surface area (Å²) in [6, 6.07) is 32.6. The molecule has 4 aromatic carbocycles. The third kappa shape index (κ3) is 2.94. The van der Waals surface area contributed by atoms with Crippen molar-refractivity contribution >= 4 is 46.1 Å². The van der Waals surface area contributed by atoms with Crippen molar-refractivity contribution in [1.29, 1.82) is 0 Å². The summed E-state index contributed by atoms with van der Waals surface area (Å²) in [5.74, 6) is 0.537. The van der Waals surface area contributed by atoms with Gasteiger partial charge < -0.3 is 9.64 Å². The number of imidazole rings is 1. The van der Waals surface area contributed by atoms with Crippen molar-refractivity contribution in [1.82, 2.24) is 9.55 Å². The Bertz CT molecular complexity index is 1680. The van der Waals surface area contributed by atoms with Crippen molar-refractivity contribution in [2.45, 2.75) is 12.3 Å². The molecule has 1 aromatic heterocycles. The molecule has 7 heteroatoms. The number of anilines is 1. The van der Waals surface area contributed by atoms with Gasteiger partial charge in [0, 0.05) is 10.6 Å². The van der Waals surface area contributed by atoms with E-state index in [9.17, 15) is 4.79 Å². The summed E-state index contributed by atoms with van der Waals surface area (Å²) in [5.41, 5.74) is 3.30. The van der Waals surface area contributed by atoms with E-state index in [1.165, 1.54) is 0 Å². The molecule has 1 amide bonds. The molecule has 0 saturated carbocycles. The van der Waals surface area contributed by atoms with E-state index in [4.69, 9.17) is 26.3 Å². The van der Waals surface area contributed by atoms with Crippen molar-refractivity contribution in [3.8, 4) is 0 Å². The molecule has 1 atom stereocenters. The number of fused-ring (bicyclic) bond motifs is 6. The highest BCUT2D eigenvalue weighted by molar-refractivity contribution is 6.30. The molecule has 0 radical (unpaired) electrons. The maximum Gasteiger partial charge on any atom is 0.299 e. The first-order chi connectivity index (χ1) is 17.6. The van der Waals surface area contributed by atoms with Gasteiger partial charge in [-0.05, 0) is 48.0 Å². The molecular weight excluding hydrogens is 472 g/mol. The summed E-state index contributed by atoms with van der Waals surface area (Å²) in [5, 5.41) is 0.605. The fourth-order valence-electron chi connectivity index (χ4n) is 5.05. The zero-order valence-electron chi connectivity index (χ0n) is 19.0. The number of amides is 1. The Morgan fingerprint density at radius 3 is 2.39 bits per heavy atom. The van der Waals surface area contributed by atoms with E-state index < -0.39 is 5.72 Å². The third-order valence-corrected chi connectivity index (χ3v) is 6.93. The Hall–Kier alpha value is -4.42. The second kappa shape index (κ2) is 7.80. The minimum absolute atomic E-state index is 0.196. The van der Waals surface area contributed by atoms with E-state index in [0.717, 1.165) is 27.8 Å². The zero-order valence-corrected chi connectivity index (χ0v) is 19.8. The number of carbonyl (C=O) groups is 1. The molecule has 36 heavy (non-hydrogen) atoms. The molecule has 0 bridgehead atoms. The van der Waals surface area contributed by atoms with Gasteiger partial charge in [0.25, 0.3) is 11.6 Å². The summed E-state index contributed by atoms with van der Waals surface area (Å²) < 4.78 is 8.53. The van der Waals surface area contributed by atoms with Gasteiger partial charge in [0.2, 0.25) is 11.8 Å². The van der Waals surface area contributed by atoms with Crippen LogP contribution in [0.1, 0.15) is 16.7 Å². The Morgan fingerprint density at radius 1 is 0.833 bits per heavy atom. The number of para-hydroxylation sites is 3. The predicted octanol–water partition coefficient (Wildman–Crippen LogP) is 6.05. The number of benzene rings is 4. The quantitative estimate of drug-likeness (QED) is 0.309. The third-order valence-electron chi connectivity index (χ3n) is 6.67. The first kappa shape index (κ1) is 20.9. The monoisotopic (exact) mass is 490 g/mol. The summed E-state index contributed by atoms with van der Waals surface area (Å²) in [6.07, 6.45) is 0. The number of ether oxygens (including phenoxy) is 1. The van der Waals surface area contributed by atoms with E-state index in [-0.39, 0.29) is 5.91 Å². The highest BCUT2D eigenvalue weighted by Gasteiger charge is 2.58. The van der Waals surface area contributed by atoms with Crippen LogP contribution in [-0.2, 0) is 21.8 Å². The van der Waals surface area contributed by atoms with Crippen molar-refractivity contribution in [2.24, 2.45) is 4.99 Å². The summed E-state index contributed by atoms with van der Waals surface area (Å²) >= 11 is 6.13. The highest BCUT2D eigenvalue weighted by Crippen LogP contribution is 2.49. The van der Waals surface area contributed by atoms with Gasteiger partial charge in [0.1, 0.15) is 0 Å². The molecule has 0 fully saturated rings. The van der Waals surface area contributed by atoms with Crippen LogP contribution in [0.15, 0.2) is 108 Å². The molecule has 7 rings (SSSR count). The fraction of sp³-hybridized carbons (Fsp3) is 0.0690. The molecule has 6 nitrogen and oxygen atoms in total. The van der Waals surface area contributed by atoms with Crippen LogP contribution >= 0.6 is 11.6 Å². The van der Waals surface area contributed by atoms with E-state index in [0.29, 0.717) is 29.0 Å². The Morgan fingerprint density at radius 2 is 1.56 bits per heavy atom. The van der Waals surface area contributed by atoms with Crippen molar-refractivity contribution in [2.75, 3.05) is 4.90 Å². The molecule has 5 aromatic rings. The predicted molar refractivity (Wildman–Crippen MR) is 140 cm³/mol. The molecule has 1 spiro atoms. The van der Waals surface area contributed by atoms with Gasteiger partial charge in [-0.2, -0.15) is 4.99 Å². The second-order valence-corrected chi connectivity index (χ2v) is 9.24. The number of hydrogen-bond acceptors (Lipinski definition) is 4. The largest absolute Gasteiger partial charge is 0.436 e. The van der Waals surface area contributed by atoms with Crippen LogP contribution in [0.5, 0.6) is 0 Å². The highest BCUT2D eigenvalue weighted by atomic mass is 35.5. The smallest absolute Gasteiger partial charge is 0.299 e. The van der Waals surface area contributed by atoms with Gasteiger partial charge in [-0.25, -0.2) is 4.98 Å². The summed E-state index contributed by atoms with van der Waals surface area (Å²) in [6.45, 7) is 0.414. The van der Waals surface area contributed by atoms with Crippen LogP contribution in [-0.4, -0.2) is 21.4 Å². The van der Waals surface area contributed by atoms with Crippen LogP contribution < -0.4 is 4.90 Å². The molecule has 174 valence electrons. The van der Waals surface area contributed by atoms with E-state index in [2.05, 4.69) is 0 Å². The van der Waals surface area contributed by atoms with E-state index in [1.54, 1.807) is 17.0 Å². The van der Waals surface area contributed by atoms with Crippen molar-refractivity contribution in [3.63, 3.8) is 0 Å². The number of aromatic nitrogens is 2. The molecule has 0 unspecified atom stereocenters. The summed E-state index contributed by atoms with van der Waals surface area (Å²) in [7, 11) is 0. The number of carbonyl (C=O) groups excluding carboxylic acids is 1. The van der Waals surface area contributed by atoms with Gasteiger partial charge in [-0.15, -0.1) is 0 Å². The van der Waals surface area contributed by atoms with E-state index >= 15 is 0 Å². The molecule has 2 aliphatic rings. The average Bonchev–Trinajstić information content (AvgIpc) is 3.40. The lowest BCUT2D eigenvalue weighted by molar-refractivity contribution is -0.137. The topological polar surface area (TPSA) is 59.7 Å². The minimum Gasteiger partial charge on any atom is -0.436 e. The van der Waals surface area contributed by atoms with Gasteiger partial charge in [0.15, 0.2) is 0 Å². The van der Waals surface area contributed by atoms with Gasteiger partial charge >= 0.3 is 0 Å². The zero-order chi connectivity index (χ0) is 24.3. The van der Waals surface area contributed by atoms with Gasteiger partial charge in [0.05, 0.1) is 28.8 Å². The maximum atomic E-state index is 14.6. The van der Waals surface area contributed by atoms with Crippen molar-refractivity contribution < 1.29 is 9.53 Å². The molecule has 2 aliphatic heterocycles. The lowest BCUT2D eigenvalue weighted by Crippen LogP contribution is -2.50. The minimum atomic E-state index is -1.49. The SMILES string of the molecule is O=C1N(Cc2ccccc2)c2ccccc2[C@@]12OC(c1ccc(Cl)cc1)=Nc1nc3ccccc3n12. The number of nitrogens with zero attached hydrogens (tertiary/aromatic N) is 4. The van der Waals surface area contributed by atoms with Crippen LogP contribution in [0.2, 0.25) is 5.02 Å². The lowest BCUT2D eigenvalue weighted by atomic mass is 10.0. The number of rotatable bonds is 3. The van der Waals surface area contributed by atoms with Crippen LogP contribution in [0.25, 0.3) is 11.0 Å². The standard InChI is InChI=1S/C29H19ClN4O2/c30-21-16-14-20(15-17-21)26-32-28-31-23-11-5-7-13-25(23)34(28)29(36-26)22-10-4-6-12-24(22)33(27(29)35)18-19-8-2-1-3-9-19/h1-17H,18H2/t29-/m1/s1. The van der Waals surface area contributed by atoms with Crippen LogP contribution in [0.4, 0.5) is 11.6 Å². The summed E-state index contributed by atoms with van der Waals surface area (Å²) in [4.78, 5) is 25.9. The van der Waals surface area contributed by atoms with Gasteiger partial charge in [-0.3, -0.25) is 9.36 Å². The van der Waals surface area contributed by atoms with E-state index in [1.807, 2.05) is 95.6 Å². The molecule has 0 aliphatic carbocycles. The average molecular weight is 491 g/mol.